The molecule has 0 bridgehead atoms. The largest absolute Gasteiger partial charge is 0.495 e. The highest BCUT2D eigenvalue weighted by molar-refractivity contribution is 6.01. The molecule has 0 N–H and O–H groups in total. The minimum Gasteiger partial charge on any atom is -0.495 e. The molecule has 146 valence electrons. The van der Waals surface area contributed by atoms with Gasteiger partial charge in [0.15, 0.2) is 0 Å². The number of nitrogens with zero attached hydrogens (tertiary/aromatic N) is 3. The third kappa shape index (κ3) is 3.19. The summed E-state index contributed by atoms with van der Waals surface area (Å²) >= 11 is 0. The molecule has 1 atom stereocenters. The summed E-state index contributed by atoms with van der Waals surface area (Å²) in [5.74, 6) is 0.806. The van der Waals surface area contributed by atoms with Crippen molar-refractivity contribution in [2.75, 3.05) is 38.2 Å². The topological polar surface area (TPSA) is 53.1 Å². The first-order valence-electron chi connectivity index (χ1n) is 9.66. The normalized spacial score (nSPS) is 17.5. The van der Waals surface area contributed by atoms with E-state index in [-0.39, 0.29) is 11.8 Å². The van der Waals surface area contributed by atoms with E-state index in [0.717, 1.165) is 30.1 Å². The van der Waals surface area contributed by atoms with Crippen LogP contribution in [0.15, 0.2) is 48.5 Å². The Bertz CT molecular complexity index is 890. The third-order valence-corrected chi connectivity index (χ3v) is 5.69. The summed E-state index contributed by atoms with van der Waals surface area (Å²) in [5, 5.41) is 0. The molecule has 2 aliphatic rings. The van der Waals surface area contributed by atoms with Crippen LogP contribution in [0.4, 0.5) is 5.69 Å². The van der Waals surface area contributed by atoms with Gasteiger partial charge in [-0.05, 0) is 30.7 Å². The molecule has 2 amide bonds. The lowest BCUT2D eigenvalue weighted by Gasteiger charge is -2.38. The second-order valence-corrected chi connectivity index (χ2v) is 7.25. The van der Waals surface area contributed by atoms with E-state index in [0.29, 0.717) is 25.2 Å². The average molecular weight is 379 g/mol. The SMILES string of the molecule is COc1ccccc1N1CCN(C(=O)C(C)N2Cc3ccccc3C2=O)CC1. The number of carbonyl (C=O) groups excluding carboxylic acids is 2. The summed E-state index contributed by atoms with van der Waals surface area (Å²) < 4.78 is 5.45. The Morgan fingerprint density at radius 3 is 2.39 bits per heavy atom. The molecule has 1 unspecified atom stereocenters. The predicted octanol–water partition coefficient (Wildman–Crippen LogP) is 2.39. The highest BCUT2D eigenvalue weighted by Gasteiger charge is 2.36. The van der Waals surface area contributed by atoms with Crippen LogP contribution in [0.25, 0.3) is 0 Å². The maximum Gasteiger partial charge on any atom is 0.255 e. The highest BCUT2D eigenvalue weighted by atomic mass is 16.5. The number of methoxy groups -OCH3 is 1. The Labute approximate surface area is 165 Å². The highest BCUT2D eigenvalue weighted by Crippen LogP contribution is 2.29. The maximum absolute atomic E-state index is 13.0. The first-order valence-corrected chi connectivity index (χ1v) is 9.66. The molecule has 28 heavy (non-hydrogen) atoms. The molecule has 2 aliphatic heterocycles. The lowest BCUT2D eigenvalue weighted by atomic mass is 10.1. The Morgan fingerprint density at radius 1 is 1.00 bits per heavy atom. The third-order valence-electron chi connectivity index (χ3n) is 5.69. The number of rotatable bonds is 4. The second-order valence-electron chi connectivity index (χ2n) is 7.25. The zero-order valence-electron chi connectivity index (χ0n) is 16.3. The van der Waals surface area contributed by atoms with Gasteiger partial charge < -0.3 is 19.4 Å². The van der Waals surface area contributed by atoms with Crippen molar-refractivity contribution in [1.29, 1.82) is 0 Å². The van der Waals surface area contributed by atoms with Gasteiger partial charge >= 0.3 is 0 Å². The van der Waals surface area contributed by atoms with Gasteiger partial charge in [-0.15, -0.1) is 0 Å². The van der Waals surface area contributed by atoms with Crippen molar-refractivity contribution in [1.82, 2.24) is 9.80 Å². The lowest BCUT2D eigenvalue weighted by molar-refractivity contribution is -0.136. The molecule has 0 aliphatic carbocycles. The van der Waals surface area contributed by atoms with Crippen LogP contribution in [0.5, 0.6) is 5.75 Å². The van der Waals surface area contributed by atoms with Gasteiger partial charge in [0.05, 0.1) is 12.8 Å². The number of para-hydroxylation sites is 2. The molecular formula is C22H25N3O3. The Hall–Kier alpha value is -3.02. The van der Waals surface area contributed by atoms with E-state index in [1.807, 2.05) is 60.4 Å². The zero-order valence-corrected chi connectivity index (χ0v) is 16.3. The van der Waals surface area contributed by atoms with Crippen molar-refractivity contribution < 1.29 is 14.3 Å². The average Bonchev–Trinajstić information content (AvgIpc) is 3.09. The van der Waals surface area contributed by atoms with Crippen LogP contribution < -0.4 is 9.64 Å². The van der Waals surface area contributed by atoms with E-state index in [4.69, 9.17) is 4.74 Å². The summed E-state index contributed by atoms with van der Waals surface area (Å²) in [7, 11) is 1.67. The monoisotopic (exact) mass is 379 g/mol. The van der Waals surface area contributed by atoms with Crippen LogP contribution in [0.2, 0.25) is 0 Å². The van der Waals surface area contributed by atoms with Crippen LogP contribution in [-0.2, 0) is 11.3 Å². The second kappa shape index (κ2) is 7.54. The quantitative estimate of drug-likeness (QED) is 0.819. The van der Waals surface area contributed by atoms with Gasteiger partial charge in [0.1, 0.15) is 11.8 Å². The van der Waals surface area contributed by atoms with E-state index in [1.165, 1.54) is 0 Å². The minimum atomic E-state index is -0.460. The van der Waals surface area contributed by atoms with Crippen molar-refractivity contribution in [2.45, 2.75) is 19.5 Å². The van der Waals surface area contributed by atoms with Gasteiger partial charge in [-0.3, -0.25) is 9.59 Å². The van der Waals surface area contributed by atoms with Crippen LogP contribution in [0.1, 0.15) is 22.8 Å². The van der Waals surface area contributed by atoms with Crippen molar-refractivity contribution in [3.63, 3.8) is 0 Å². The number of benzene rings is 2. The van der Waals surface area contributed by atoms with E-state index in [2.05, 4.69) is 4.90 Å². The molecule has 4 rings (SSSR count). The molecule has 0 aromatic heterocycles. The molecule has 1 fully saturated rings. The number of ether oxygens (including phenoxy) is 1. The standard InChI is InChI=1S/C22H25N3O3/c1-16(25-15-17-7-3-4-8-18(17)22(25)27)21(26)24-13-11-23(12-14-24)19-9-5-6-10-20(19)28-2/h3-10,16H,11-15H2,1-2H3. The smallest absolute Gasteiger partial charge is 0.255 e. The molecular weight excluding hydrogens is 354 g/mol. The van der Waals surface area contributed by atoms with Crippen LogP contribution in [0.3, 0.4) is 0 Å². The van der Waals surface area contributed by atoms with Crippen molar-refractivity contribution in [3.05, 3.63) is 59.7 Å². The lowest BCUT2D eigenvalue weighted by Crippen LogP contribution is -2.54. The molecule has 1 saturated heterocycles. The molecule has 0 saturated carbocycles. The van der Waals surface area contributed by atoms with E-state index in [9.17, 15) is 9.59 Å². The number of carbonyl (C=O) groups is 2. The summed E-state index contributed by atoms with van der Waals surface area (Å²) in [6.45, 7) is 5.09. The van der Waals surface area contributed by atoms with Gasteiger partial charge in [-0.2, -0.15) is 0 Å². The summed E-state index contributed by atoms with van der Waals surface area (Å²) in [5.41, 5.74) is 2.76. The first-order chi connectivity index (χ1) is 13.6. The summed E-state index contributed by atoms with van der Waals surface area (Å²) in [4.78, 5) is 31.5. The molecule has 0 spiro atoms. The molecule has 2 aromatic rings. The molecule has 6 heteroatoms. The van der Waals surface area contributed by atoms with E-state index in [1.54, 1.807) is 12.0 Å². The fourth-order valence-corrected chi connectivity index (χ4v) is 4.05. The number of fused-ring (bicyclic) bond motifs is 1. The number of anilines is 1. The minimum absolute atomic E-state index is 0.0147. The van der Waals surface area contributed by atoms with Crippen molar-refractivity contribution in [3.8, 4) is 5.75 Å². The molecule has 2 heterocycles. The molecule has 6 nitrogen and oxygen atoms in total. The van der Waals surface area contributed by atoms with Crippen LogP contribution in [0, 0.1) is 0 Å². The van der Waals surface area contributed by atoms with Crippen molar-refractivity contribution in [2.24, 2.45) is 0 Å². The Kier molecular flexibility index (Phi) is 4.94. The van der Waals surface area contributed by atoms with Gasteiger partial charge in [-0.1, -0.05) is 30.3 Å². The number of piperazine rings is 1. The summed E-state index contributed by atoms with van der Waals surface area (Å²) in [6, 6.07) is 15.1. The first kappa shape index (κ1) is 18.3. The summed E-state index contributed by atoms with van der Waals surface area (Å²) in [6.07, 6.45) is 0. The molecule has 0 radical (unpaired) electrons. The number of hydrogen-bond acceptors (Lipinski definition) is 4. The van der Waals surface area contributed by atoms with Crippen LogP contribution >= 0.6 is 0 Å². The Morgan fingerprint density at radius 2 is 1.68 bits per heavy atom. The number of amides is 2. The van der Waals surface area contributed by atoms with E-state index < -0.39 is 6.04 Å². The van der Waals surface area contributed by atoms with Gasteiger partial charge in [-0.25, -0.2) is 0 Å². The van der Waals surface area contributed by atoms with Crippen LogP contribution in [-0.4, -0.2) is 60.9 Å². The van der Waals surface area contributed by atoms with Crippen molar-refractivity contribution >= 4 is 17.5 Å². The van der Waals surface area contributed by atoms with E-state index >= 15 is 0 Å². The number of hydrogen-bond donors (Lipinski definition) is 0. The molecule has 2 aromatic carbocycles. The zero-order chi connectivity index (χ0) is 19.7. The fraction of sp³-hybridized carbons (Fsp3) is 0.364. The van der Waals surface area contributed by atoms with Gasteiger partial charge in [0.25, 0.3) is 5.91 Å². The van der Waals surface area contributed by atoms with Gasteiger partial charge in [0, 0.05) is 38.3 Å². The fourth-order valence-electron chi connectivity index (χ4n) is 4.05. The maximum atomic E-state index is 13.0. The van der Waals surface area contributed by atoms with Gasteiger partial charge in [0.2, 0.25) is 5.91 Å². The predicted molar refractivity (Wildman–Crippen MR) is 108 cm³/mol. The Balaban J connectivity index is 1.40.